The molecular formula is C26H34ClN7O3S. The first-order chi connectivity index (χ1) is 18.0. The molecule has 1 saturated heterocycles. The first-order valence-corrected chi connectivity index (χ1v) is 14.8. The van der Waals surface area contributed by atoms with E-state index in [1.807, 2.05) is 6.07 Å². The molecule has 0 bridgehead atoms. The Kier molecular flexibility index (Phi) is 7.27. The van der Waals surface area contributed by atoms with E-state index in [4.69, 9.17) is 16.3 Å². The monoisotopic (exact) mass is 559 g/mol. The number of fused-ring (bicyclic) bond motifs is 1. The van der Waals surface area contributed by atoms with Crippen molar-refractivity contribution in [1.29, 1.82) is 0 Å². The van der Waals surface area contributed by atoms with E-state index in [0.29, 0.717) is 17.6 Å². The predicted octanol–water partition coefficient (Wildman–Crippen LogP) is 4.67. The van der Waals surface area contributed by atoms with Gasteiger partial charge in [-0.05, 0) is 71.3 Å². The number of piperidine rings is 1. The van der Waals surface area contributed by atoms with Crippen LogP contribution in [0.1, 0.15) is 50.7 Å². The van der Waals surface area contributed by atoms with Gasteiger partial charge < -0.3 is 20.3 Å². The number of aromatic nitrogens is 4. The van der Waals surface area contributed by atoms with Gasteiger partial charge in [0.25, 0.3) is 0 Å². The van der Waals surface area contributed by atoms with E-state index >= 15 is 0 Å². The Balaban J connectivity index is 1.43. The van der Waals surface area contributed by atoms with E-state index in [2.05, 4.69) is 50.6 Å². The minimum absolute atomic E-state index is 0.0520. The maximum atomic E-state index is 12.8. The van der Waals surface area contributed by atoms with E-state index in [0.717, 1.165) is 43.8 Å². The maximum Gasteiger partial charge on any atom is 0.229 e. The van der Waals surface area contributed by atoms with E-state index in [-0.39, 0.29) is 22.0 Å². The summed E-state index contributed by atoms with van der Waals surface area (Å²) in [7, 11) is 0.213. The molecule has 0 unspecified atom stereocenters. The summed E-state index contributed by atoms with van der Waals surface area (Å²) in [6.07, 6.45) is 6.31. The number of likely N-dealkylation sites (tertiary alicyclic amines) is 1. The van der Waals surface area contributed by atoms with Crippen molar-refractivity contribution in [2.24, 2.45) is 7.05 Å². The van der Waals surface area contributed by atoms with Crippen LogP contribution in [0.5, 0.6) is 5.75 Å². The summed E-state index contributed by atoms with van der Waals surface area (Å²) >= 11 is 6.39. The van der Waals surface area contributed by atoms with Gasteiger partial charge in [0, 0.05) is 25.2 Å². The van der Waals surface area contributed by atoms with E-state index in [1.54, 1.807) is 27.1 Å². The van der Waals surface area contributed by atoms with Gasteiger partial charge in [-0.2, -0.15) is 10.1 Å². The topological polar surface area (TPSA) is 114 Å². The summed E-state index contributed by atoms with van der Waals surface area (Å²) in [6.45, 7) is 7.52. The number of hydrogen-bond acceptors (Lipinski definition) is 9. The molecule has 204 valence electrons. The zero-order valence-corrected chi connectivity index (χ0v) is 23.9. The quantitative estimate of drug-likeness (QED) is 0.426. The van der Waals surface area contributed by atoms with Crippen LogP contribution in [-0.2, 0) is 23.3 Å². The summed E-state index contributed by atoms with van der Waals surface area (Å²) < 4.78 is 33.4. The van der Waals surface area contributed by atoms with Crippen LogP contribution in [0.4, 0.5) is 23.1 Å². The molecule has 2 aliphatic rings. The Morgan fingerprint density at radius 3 is 2.58 bits per heavy atom. The molecule has 2 aromatic heterocycles. The van der Waals surface area contributed by atoms with Gasteiger partial charge in [0.05, 0.1) is 22.8 Å². The fourth-order valence-corrected chi connectivity index (χ4v) is 6.31. The number of ether oxygens (including phenoxy) is 1. The van der Waals surface area contributed by atoms with Crippen molar-refractivity contribution in [3.8, 4) is 5.75 Å². The second-order valence-corrected chi connectivity index (χ2v) is 13.3. The number of benzene rings is 1. The van der Waals surface area contributed by atoms with Crippen LogP contribution >= 0.6 is 11.6 Å². The minimum atomic E-state index is -3.62. The summed E-state index contributed by atoms with van der Waals surface area (Å²) in [6, 6.07) is 4.23. The molecule has 0 aliphatic carbocycles. The third-order valence-electron chi connectivity index (χ3n) is 7.19. The van der Waals surface area contributed by atoms with Crippen molar-refractivity contribution >= 4 is 44.6 Å². The molecular weight excluding hydrogens is 526 g/mol. The van der Waals surface area contributed by atoms with E-state index < -0.39 is 15.1 Å². The van der Waals surface area contributed by atoms with Crippen molar-refractivity contribution in [2.75, 3.05) is 30.8 Å². The van der Waals surface area contributed by atoms with Crippen LogP contribution in [0, 0.1) is 0 Å². The highest BCUT2D eigenvalue weighted by atomic mass is 35.5. The summed E-state index contributed by atoms with van der Waals surface area (Å²) in [5, 5.41) is 10.1. The molecule has 0 amide bonds. The number of anilines is 4. The van der Waals surface area contributed by atoms with E-state index in [1.165, 1.54) is 22.0 Å². The van der Waals surface area contributed by atoms with Gasteiger partial charge in [0.2, 0.25) is 20.8 Å². The van der Waals surface area contributed by atoms with Gasteiger partial charge in [-0.25, -0.2) is 13.4 Å². The molecule has 1 fully saturated rings. The molecule has 2 aliphatic heterocycles. The maximum absolute atomic E-state index is 12.8. The average molecular weight is 560 g/mol. The molecule has 3 aromatic rings. The molecule has 12 heteroatoms. The fraction of sp³-hybridized carbons (Fsp3) is 0.500. The van der Waals surface area contributed by atoms with Crippen molar-refractivity contribution < 1.29 is 13.2 Å². The molecule has 1 aromatic carbocycles. The molecule has 38 heavy (non-hydrogen) atoms. The molecule has 5 rings (SSSR count). The van der Waals surface area contributed by atoms with Gasteiger partial charge in [-0.1, -0.05) is 17.7 Å². The molecule has 0 spiro atoms. The van der Waals surface area contributed by atoms with Crippen molar-refractivity contribution in [3.63, 3.8) is 0 Å². The van der Waals surface area contributed by atoms with E-state index in [9.17, 15) is 8.42 Å². The van der Waals surface area contributed by atoms with Crippen LogP contribution in [-0.4, -0.2) is 64.6 Å². The lowest BCUT2D eigenvalue weighted by Gasteiger charge is -2.30. The Morgan fingerprint density at radius 2 is 1.87 bits per heavy atom. The Bertz CT molecular complexity index is 1450. The molecule has 0 saturated carbocycles. The summed E-state index contributed by atoms with van der Waals surface area (Å²) in [5.41, 5.74) is 3.72. The SMILES string of the molecule is CC(C)S(=O)(=O)c1nn(C)cc1Nc1nc(Nc2ccc(C3CCN(C)CC3)c3c2O[C@@H](C)C3)ncc1Cl. The number of sulfone groups is 1. The highest BCUT2D eigenvalue weighted by Gasteiger charge is 2.30. The van der Waals surface area contributed by atoms with Crippen LogP contribution in [0.15, 0.2) is 29.6 Å². The number of rotatable bonds is 7. The van der Waals surface area contributed by atoms with Gasteiger partial charge in [-0.3, -0.25) is 4.68 Å². The van der Waals surface area contributed by atoms with Crippen molar-refractivity contribution in [1.82, 2.24) is 24.6 Å². The van der Waals surface area contributed by atoms with Gasteiger partial charge in [0.1, 0.15) is 16.9 Å². The Hall–Kier alpha value is -2.89. The first kappa shape index (κ1) is 26.7. The molecule has 0 radical (unpaired) electrons. The van der Waals surface area contributed by atoms with Crippen LogP contribution in [0.25, 0.3) is 0 Å². The summed E-state index contributed by atoms with van der Waals surface area (Å²) in [4.78, 5) is 11.3. The second-order valence-electron chi connectivity index (χ2n) is 10.5. The highest BCUT2D eigenvalue weighted by molar-refractivity contribution is 7.92. The fourth-order valence-electron chi connectivity index (χ4n) is 5.07. The number of hydrogen-bond donors (Lipinski definition) is 2. The Morgan fingerprint density at radius 1 is 1.13 bits per heavy atom. The van der Waals surface area contributed by atoms with Crippen molar-refractivity contribution in [2.45, 2.75) is 62.3 Å². The molecule has 10 nitrogen and oxygen atoms in total. The predicted molar refractivity (Wildman–Crippen MR) is 149 cm³/mol. The lowest BCUT2D eigenvalue weighted by atomic mass is 9.85. The highest BCUT2D eigenvalue weighted by Crippen LogP contribution is 2.44. The van der Waals surface area contributed by atoms with Crippen LogP contribution in [0.3, 0.4) is 0 Å². The largest absolute Gasteiger partial charge is 0.488 e. The smallest absolute Gasteiger partial charge is 0.229 e. The minimum Gasteiger partial charge on any atom is -0.488 e. The average Bonchev–Trinajstić information content (AvgIpc) is 3.44. The third-order valence-corrected chi connectivity index (χ3v) is 9.55. The molecule has 2 N–H and O–H groups in total. The zero-order chi connectivity index (χ0) is 27.2. The standard InChI is InChI=1S/C26H34ClN7O3S/c1-15(2)38(35,36)25-22(14-34(5)32-25)29-24-20(27)13-28-26(31-24)30-21-7-6-18(17-8-10-33(4)11-9-17)19-12-16(3)37-23(19)21/h6-7,13-17H,8-12H2,1-5H3,(H2,28,29,30,31)/t16-/m0/s1. The first-order valence-electron chi connectivity index (χ1n) is 12.9. The summed E-state index contributed by atoms with van der Waals surface area (Å²) in [5.74, 6) is 1.96. The van der Waals surface area contributed by atoms with Gasteiger partial charge in [-0.15, -0.1) is 0 Å². The third kappa shape index (κ3) is 5.19. The second kappa shape index (κ2) is 10.3. The normalized spacial score (nSPS) is 18.4. The van der Waals surface area contributed by atoms with Crippen molar-refractivity contribution in [3.05, 3.63) is 40.7 Å². The number of nitrogens with zero attached hydrogens (tertiary/aromatic N) is 5. The number of halogens is 1. The number of aryl methyl sites for hydroxylation is 1. The lowest BCUT2D eigenvalue weighted by Crippen LogP contribution is -2.29. The zero-order valence-electron chi connectivity index (χ0n) is 22.3. The molecule has 4 heterocycles. The van der Waals surface area contributed by atoms with Crippen LogP contribution < -0.4 is 15.4 Å². The lowest BCUT2D eigenvalue weighted by molar-refractivity contribution is 0.254. The number of nitrogens with one attached hydrogen (secondary N) is 2. The molecule has 1 atom stereocenters. The van der Waals surface area contributed by atoms with Crippen LogP contribution in [0.2, 0.25) is 5.02 Å². The van der Waals surface area contributed by atoms with Gasteiger partial charge >= 0.3 is 0 Å². The Labute approximate surface area is 228 Å². The van der Waals surface area contributed by atoms with Gasteiger partial charge in [0.15, 0.2) is 5.82 Å².